The lowest BCUT2D eigenvalue weighted by Gasteiger charge is -2.33. The molecule has 0 amide bonds. The summed E-state index contributed by atoms with van der Waals surface area (Å²) in [5.74, 6) is 0. The molecule has 5 heteroatoms. The van der Waals surface area contributed by atoms with Gasteiger partial charge in [0, 0.05) is 51.9 Å². The maximum Gasteiger partial charge on any atom is 0.0630 e. The van der Waals surface area contributed by atoms with Crippen LogP contribution in [0.5, 0.6) is 0 Å². The molecule has 2 fully saturated rings. The van der Waals surface area contributed by atoms with Crippen LogP contribution >= 0.6 is 0 Å². The van der Waals surface area contributed by atoms with Gasteiger partial charge in [0.2, 0.25) is 0 Å². The number of nitrogens with zero attached hydrogens (tertiary/aromatic N) is 2. The van der Waals surface area contributed by atoms with Crippen LogP contribution < -0.4 is 5.73 Å². The molecule has 0 aromatic heterocycles. The highest BCUT2D eigenvalue weighted by atomic mass is 16.5. The molecule has 17 heavy (non-hydrogen) atoms. The summed E-state index contributed by atoms with van der Waals surface area (Å²) < 4.78 is 10.6. The largest absolute Gasteiger partial charge is 0.383 e. The minimum absolute atomic E-state index is 0.381. The van der Waals surface area contributed by atoms with Gasteiger partial charge < -0.3 is 15.2 Å². The zero-order valence-corrected chi connectivity index (χ0v) is 10.8. The summed E-state index contributed by atoms with van der Waals surface area (Å²) in [4.78, 5) is 5.04. The highest BCUT2D eigenvalue weighted by Gasteiger charge is 2.31. The normalized spacial score (nSPS) is 29.6. The van der Waals surface area contributed by atoms with Gasteiger partial charge in [-0.1, -0.05) is 0 Å². The van der Waals surface area contributed by atoms with Crippen LogP contribution in [-0.2, 0) is 9.47 Å². The fourth-order valence-electron chi connectivity index (χ4n) is 2.86. The smallest absolute Gasteiger partial charge is 0.0630 e. The van der Waals surface area contributed by atoms with Crippen molar-refractivity contribution >= 4 is 0 Å². The summed E-state index contributed by atoms with van der Waals surface area (Å²) in [7, 11) is 1.75. The third-order valence-electron chi connectivity index (χ3n) is 3.90. The molecule has 0 aliphatic carbocycles. The second kappa shape index (κ2) is 6.66. The molecule has 0 aromatic carbocycles. The first-order valence-corrected chi connectivity index (χ1v) is 6.60. The van der Waals surface area contributed by atoms with E-state index in [4.69, 9.17) is 15.2 Å². The number of rotatable bonds is 5. The number of morpholine rings is 1. The Labute approximate surface area is 104 Å². The minimum atomic E-state index is 0.381. The van der Waals surface area contributed by atoms with Gasteiger partial charge >= 0.3 is 0 Å². The second-order valence-electron chi connectivity index (χ2n) is 4.93. The molecule has 2 aliphatic heterocycles. The van der Waals surface area contributed by atoms with E-state index in [0.717, 1.165) is 46.0 Å². The van der Waals surface area contributed by atoms with E-state index < -0.39 is 0 Å². The Morgan fingerprint density at radius 1 is 1.35 bits per heavy atom. The van der Waals surface area contributed by atoms with Gasteiger partial charge in [-0.3, -0.25) is 9.80 Å². The Bertz CT molecular complexity index is 211. The highest BCUT2D eigenvalue weighted by Crippen LogP contribution is 2.18. The van der Waals surface area contributed by atoms with Crippen LogP contribution in [0.1, 0.15) is 6.42 Å². The van der Waals surface area contributed by atoms with E-state index in [2.05, 4.69) is 9.80 Å². The molecule has 2 N–H and O–H groups in total. The fraction of sp³-hybridized carbons (Fsp3) is 1.00. The number of nitrogens with two attached hydrogens (primary N) is 1. The van der Waals surface area contributed by atoms with Crippen molar-refractivity contribution in [1.29, 1.82) is 0 Å². The van der Waals surface area contributed by atoms with Gasteiger partial charge in [0.1, 0.15) is 0 Å². The zero-order chi connectivity index (χ0) is 12.1. The van der Waals surface area contributed by atoms with Crippen LogP contribution in [0.25, 0.3) is 0 Å². The molecule has 2 saturated heterocycles. The van der Waals surface area contributed by atoms with E-state index in [0.29, 0.717) is 18.6 Å². The predicted molar refractivity (Wildman–Crippen MR) is 67.1 cm³/mol. The van der Waals surface area contributed by atoms with Crippen molar-refractivity contribution in [3.8, 4) is 0 Å². The molecule has 2 atom stereocenters. The van der Waals surface area contributed by atoms with E-state index in [1.807, 2.05) is 0 Å². The van der Waals surface area contributed by atoms with Crippen LogP contribution in [0, 0.1) is 0 Å². The summed E-state index contributed by atoms with van der Waals surface area (Å²) >= 11 is 0. The van der Waals surface area contributed by atoms with Crippen molar-refractivity contribution in [2.24, 2.45) is 5.73 Å². The lowest BCUT2D eigenvalue weighted by atomic mass is 10.2. The predicted octanol–water partition coefficient (Wildman–Crippen LogP) is -0.633. The van der Waals surface area contributed by atoms with E-state index in [1.54, 1.807) is 7.11 Å². The van der Waals surface area contributed by atoms with E-state index in [1.165, 1.54) is 6.42 Å². The molecule has 100 valence electrons. The van der Waals surface area contributed by atoms with Crippen molar-refractivity contribution in [2.45, 2.75) is 18.5 Å². The van der Waals surface area contributed by atoms with E-state index >= 15 is 0 Å². The molecule has 0 radical (unpaired) electrons. The first-order chi connectivity index (χ1) is 8.35. The van der Waals surface area contributed by atoms with Crippen LogP contribution in [-0.4, -0.2) is 81.5 Å². The monoisotopic (exact) mass is 243 g/mol. The first-order valence-electron chi connectivity index (χ1n) is 6.60. The summed E-state index contributed by atoms with van der Waals surface area (Å²) in [6.45, 7) is 7.63. The Morgan fingerprint density at radius 2 is 2.12 bits per heavy atom. The van der Waals surface area contributed by atoms with Gasteiger partial charge in [0.25, 0.3) is 0 Å². The number of ether oxygens (including phenoxy) is 2. The highest BCUT2D eigenvalue weighted by molar-refractivity contribution is 4.88. The van der Waals surface area contributed by atoms with Gasteiger partial charge in [-0.25, -0.2) is 0 Å². The number of likely N-dealkylation sites (tertiary alicyclic amines) is 1. The summed E-state index contributed by atoms with van der Waals surface area (Å²) in [6, 6.07) is 1.07. The molecule has 2 aliphatic rings. The van der Waals surface area contributed by atoms with E-state index in [-0.39, 0.29) is 0 Å². The molecule has 2 rings (SSSR count). The minimum Gasteiger partial charge on any atom is -0.383 e. The summed E-state index contributed by atoms with van der Waals surface area (Å²) in [5, 5.41) is 0. The Balaban J connectivity index is 1.81. The lowest BCUT2D eigenvalue weighted by molar-refractivity contribution is 0.0163. The Kier molecular flexibility index (Phi) is 5.18. The molecule has 0 saturated carbocycles. The average molecular weight is 243 g/mol. The molecule has 0 spiro atoms. The SMILES string of the molecule is COCC(CN)N1CCC(N2CCOCC2)C1. The van der Waals surface area contributed by atoms with Gasteiger partial charge in [0.05, 0.1) is 19.8 Å². The topological polar surface area (TPSA) is 51.0 Å². The number of hydrogen-bond acceptors (Lipinski definition) is 5. The van der Waals surface area contributed by atoms with Crippen LogP contribution in [0.2, 0.25) is 0 Å². The maximum atomic E-state index is 5.81. The molecule has 0 bridgehead atoms. The number of hydrogen-bond donors (Lipinski definition) is 1. The van der Waals surface area contributed by atoms with E-state index in [9.17, 15) is 0 Å². The van der Waals surface area contributed by atoms with Crippen molar-refractivity contribution < 1.29 is 9.47 Å². The molecular weight excluding hydrogens is 218 g/mol. The zero-order valence-electron chi connectivity index (χ0n) is 10.8. The molecule has 2 unspecified atom stereocenters. The summed E-state index contributed by atoms with van der Waals surface area (Å²) in [5.41, 5.74) is 5.81. The van der Waals surface area contributed by atoms with Crippen molar-refractivity contribution in [3.05, 3.63) is 0 Å². The average Bonchev–Trinajstić information content (AvgIpc) is 2.86. The van der Waals surface area contributed by atoms with Gasteiger partial charge in [0.15, 0.2) is 0 Å². The lowest BCUT2D eigenvalue weighted by Crippen LogP contribution is -2.47. The third kappa shape index (κ3) is 3.39. The second-order valence-corrected chi connectivity index (χ2v) is 4.93. The standard InChI is InChI=1S/C12H25N3O2/c1-16-10-12(8-13)15-3-2-11(9-15)14-4-6-17-7-5-14/h11-12H,2-10,13H2,1H3. The molecule has 5 nitrogen and oxygen atoms in total. The molecule has 0 aromatic rings. The maximum absolute atomic E-state index is 5.81. The Morgan fingerprint density at radius 3 is 2.76 bits per heavy atom. The molecular formula is C12H25N3O2. The van der Waals surface area contributed by atoms with Crippen molar-refractivity contribution in [1.82, 2.24) is 9.80 Å². The van der Waals surface area contributed by atoms with Crippen molar-refractivity contribution in [3.63, 3.8) is 0 Å². The first kappa shape index (κ1) is 13.2. The van der Waals surface area contributed by atoms with Gasteiger partial charge in [-0.2, -0.15) is 0 Å². The third-order valence-corrected chi connectivity index (χ3v) is 3.90. The van der Waals surface area contributed by atoms with Crippen LogP contribution in [0.4, 0.5) is 0 Å². The fourth-order valence-corrected chi connectivity index (χ4v) is 2.86. The number of methoxy groups -OCH3 is 1. The van der Waals surface area contributed by atoms with Crippen LogP contribution in [0.15, 0.2) is 0 Å². The van der Waals surface area contributed by atoms with Crippen LogP contribution in [0.3, 0.4) is 0 Å². The Hall–Kier alpha value is -0.200. The quantitative estimate of drug-likeness (QED) is 0.696. The van der Waals surface area contributed by atoms with Gasteiger partial charge in [-0.15, -0.1) is 0 Å². The molecule has 2 heterocycles. The van der Waals surface area contributed by atoms with Crippen molar-refractivity contribution in [2.75, 3.05) is 59.7 Å². The summed E-state index contributed by atoms with van der Waals surface area (Å²) in [6.07, 6.45) is 1.25. The van der Waals surface area contributed by atoms with Gasteiger partial charge in [-0.05, 0) is 6.42 Å².